The van der Waals surface area contributed by atoms with E-state index >= 15 is 0 Å². The summed E-state index contributed by atoms with van der Waals surface area (Å²) in [6.45, 7) is 8.65. The molecule has 3 N–H and O–H groups in total. The fourth-order valence-corrected chi connectivity index (χ4v) is 1.88. The molecule has 1 aliphatic rings. The van der Waals surface area contributed by atoms with E-state index in [0.717, 1.165) is 25.9 Å². The number of carbonyl (C=O) groups is 1. The molecule has 0 saturated carbocycles. The highest BCUT2D eigenvalue weighted by atomic mass is 16.5. The summed E-state index contributed by atoms with van der Waals surface area (Å²) in [7, 11) is 0. The lowest BCUT2D eigenvalue weighted by Gasteiger charge is -2.25. The molecule has 2 atom stereocenters. The van der Waals surface area contributed by atoms with Crippen molar-refractivity contribution in [3.63, 3.8) is 0 Å². The van der Waals surface area contributed by atoms with Gasteiger partial charge in [0.1, 0.15) is 0 Å². The van der Waals surface area contributed by atoms with E-state index in [-0.39, 0.29) is 17.4 Å². The minimum Gasteiger partial charge on any atom is -0.379 e. The van der Waals surface area contributed by atoms with Crippen molar-refractivity contribution >= 4 is 5.91 Å². The van der Waals surface area contributed by atoms with Crippen LogP contribution < -0.4 is 11.1 Å². The quantitative estimate of drug-likeness (QED) is 0.680. The van der Waals surface area contributed by atoms with Gasteiger partial charge >= 0.3 is 0 Å². The number of rotatable bonds is 7. The van der Waals surface area contributed by atoms with Gasteiger partial charge in [0, 0.05) is 19.8 Å². The molecule has 0 bridgehead atoms. The van der Waals surface area contributed by atoms with Crippen LogP contribution in [0.5, 0.6) is 0 Å². The van der Waals surface area contributed by atoms with E-state index in [0.29, 0.717) is 19.8 Å². The van der Waals surface area contributed by atoms with Crippen molar-refractivity contribution in [2.45, 2.75) is 52.2 Å². The summed E-state index contributed by atoms with van der Waals surface area (Å²) in [6, 6.07) is -0.472. The highest BCUT2D eigenvalue weighted by Gasteiger charge is 2.26. The van der Waals surface area contributed by atoms with Gasteiger partial charge in [-0.1, -0.05) is 20.8 Å². The Hall–Kier alpha value is -0.650. The van der Waals surface area contributed by atoms with Gasteiger partial charge in [0.15, 0.2) is 0 Å². The first-order valence-electron chi connectivity index (χ1n) is 7.14. The predicted molar refractivity (Wildman–Crippen MR) is 74.9 cm³/mol. The third-order valence-corrected chi connectivity index (χ3v) is 3.31. The lowest BCUT2D eigenvalue weighted by molar-refractivity contribution is -0.124. The first-order chi connectivity index (χ1) is 8.91. The van der Waals surface area contributed by atoms with Gasteiger partial charge in [-0.3, -0.25) is 4.79 Å². The average molecular weight is 272 g/mol. The van der Waals surface area contributed by atoms with Gasteiger partial charge in [-0.05, 0) is 24.7 Å². The minimum absolute atomic E-state index is 0.0911. The minimum atomic E-state index is -0.472. The molecule has 0 aromatic carbocycles. The number of hydrogen-bond acceptors (Lipinski definition) is 4. The molecule has 1 aliphatic heterocycles. The van der Waals surface area contributed by atoms with Crippen molar-refractivity contribution in [1.82, 2.24) is 5.32 Å². The zero-order valence-electron chi connectivity index (χ0n) is 12.4. The summed E-state index contributed by atoms with van der Waals surface area (Å²) in [5.41, 5.74) is 5.65. The van der Waals surface area contributed by atoms with E-state index < -0.39 is 6.04 Å². The second kappa shape index (κ2) is 7.82. The summed E-state index contributed by atoms with van der Waals surface area (Å²) >= 11 is 0. The Morgan fingerprint density at radius 2 is 2.26 bits per heavy atom. The zero-order valence-corrected chi connectivity index (χ0v) is 12.4. The van der Waals surface area contributed by atoms with E-state index in [9.17, 15) is 4.79 Å². The molecule has 0 aliphatic carbocycles. The molecule has 112 valence electrons. The van der Waals surface area contributed by atoms with E-state index in [4.69, 9.17) is 15.2 Å². The van der Waals surface area contributed by atoms with Crippen LogP contribution in [0.15, 0.2) is 0 Å². The maximum absolute atomic E-state index is 11.7. The van der Waals surface area contributed by atoms with Crippen molar-refractivity contribution in [2.75, 3.05) is 26.4 Å². The van der Waals surface area contributed by atoms with Crippen LogP contribution in [0.3, 0.4) is 0 Å². The van der Waals surface area contributed by atoms with Crippen molar-refractivity contribution in [1.29, 1.82) is 0 Å². The van der Waals surface area contributed by atoms with Gasteiger partial charge in [-0.2, -0.15) is 0 Å². The number of nitrogens with two attached hydrogens (primary N) is 1. The number of carbonyl (C=O) groups excluding carboxylic acids is 1. The fraction of sp³-hybridized carbons (Fsp3) is 0.929. The topological polar surface area (TPSA) is 73.6 Å². The monoisotopic (exact) mass is 272 g/mol. The van der Waals surface area contributed by atoms with E-state index in [1.165, 1.54) is 0 Å². The van der Waals surface area contributed by atoms with E-state index in [1.807, 2.05) is 20.8 Å². The van der Waals surface area contributed by atoms with Crippen LogP contribution in [-0.2, 0) is 14.3 Å². The third kappa shape index (κ3) is 6.36. The molecule has 5 nitrogen and oxygen atoms in total. The van der Waals surface area contributed by atoms with Crippen molar-refractivity contribution in [2.24, 2.45) is 11.1 Å². The number of ether oxygens (including phenoxy) is 2. The normalized spacial score (nSPS) is 21.4. The highest BCUT2D eigenvalue weighted by molar-refractivity contribution is 5.82. The largest absolute Gasteiger partial charge is 0.379 e. The summed E-state index contributed by atoms with van der Waals surface area (Å²) in [4.78, 5) is 11.7. The Kier molecular flexibility index (Phi) is 6.75. The van der Waals surface area contributed by atoms with Gasteiger partial charge in [-0.25, -0.2) is 0 Å². The molecule has 1 saturated heterocycles. The maximum Gasteiger partial charge on any atom is 0.237 e. The standard InChI is InChI=1S/C14H28N2O3/c1-14(2,3)12(15)13(17)16-7-5-8-18-10-11-6-4-9-19-11/h11-12H,4-10,15H2,1-3H3,(H,16,17)/t11?,12-/m1/s1. The van der Waals surface area contributed by atoms with Crippen LogP contribution in [0.1, 0.15) is 40.0 Å². The molecule has 1 rings (SSSR count). The molecular weight excluding hydrogens is 244 g/mol. The van der Waals surface area contributed by atoms with Crippen LogP contribution in [0.4, 0.5) is 0 Å². The molecule has 19 heavy (non-hydrogen) atoms. The van der Waals surface area contributed by atoms with Crippen LogP contribution in [0.2, 0.25) is 0 Å². The van der Waals surface area contributed by atoms with Gasteiger partial charge in [0.2, 0.25) is 5.91 Å². The first kappa shape index (κ1) is 16.4. The van der Waals surface area contributed by atoms with Crippen LogP contribution in [-0.4, -0.2) is 44.4 Å². The summed E-state index contributed by atoms with van der Waals surface area (Å²) in [6.07, 6.45) is 3.30. The molecular formula is C14H28N2O3. The molecule has 0 spiro atoms. The Morgan fingerprint density at radius 1 is 1.53 bits per heavy atom. The van der Waals surface area contributed by atoms with Gasteiger partial charge < -0.3 is 20.5 Å². The van der Waals surface area contributed by atoms with Crippen molar-refractivity contribution in [3.05, 3.63) is 0 Å². The Labute approximate surface area is 116 Å². The average Bonchev–Trinajstić information content (AvgIpc) is 2.84. The summed E-state index contributed by atoms with van der Waals surface area (Å²) < 4.78 is 11.0. The van der Waals surface area contributed by atoms with Crippen LogP contribution >= 0.6 is 0 Å². The first-order valence-corrected chi connectivity index (χ1v) is 7.14. The lowest BCUT2D eigenvalue weighted by Crippen LogP contribution is -2.48. The molecule has 1 amide bonds. The number of hydrogen-bond donors (Lipinski definition) is 2. The highest BCUT2D eigenvalue weighted by Crippen LogP contribution is 2.17. The van der Waals surface area contributed by atoms with Crippen molar-refractivity contribution < 1.29 is 14.3 Å². The molecule has 1 heterocycles. The lowest BCUT2D eigenvalue weighted by atomic mass is 9.87. The van der Waals surface area contributed by atoms with Crippen LogP contribution in [0.25, 0.3) is 0 Å². The third-order valence-electron chi connectivity index (χ3n) is 3.31. The fourth-order valence-electron chi connectivity index (χ4n) is 1.88. The number of amides is 1. The Balaban J connectivity index is 1.99. The van der Waals surface area contributed by atoms with Crippen LogP contribution in [0, 0.1) is 5.41 Å². The SMILES string of the molecule is CC(C)(C)[C@H](N)C(=O)NCCCOCC1CCCO1. The maximum atomic E-state index is 11.7. The second-order valence-electron chi connectivity index (χ2n) is 6.20. The van der Waals surface area contributed by atoms with Gasteiger partial charge in [-0.15, -0.1) is 0 Å². The van der Waals surface area contributed by atoms with Gasteiger partial charge in [0.05, 0.1) is 18.8 Å². The van der Waals surface area contributed by atoms with E-state index in [2.05, 4.69) is 5.32 Å². The molecule has 5 heteroatoms. The summed E-state index contributed by atoms with van der Waals surface area (Å²) in [5, 5.41) is 2.84. The smallest absolute Gasteiger partial charge is 0.237 e. The molecule has 0 aromatic heterocycles. The zero-order chi connectivity index (χ0) is 14.3. The molecule has 1 unspecified atom stereocenters. The summed E-state index contributed by atoms with van der Waals surface area (Å²) in [5.74, 6) is -0.0911. The Bertz CT molecular complexity index is 270. The molecule has 1 fully saturated rings. The predicted octanol–water partition coefficient (Wildman–Crippen LogP) is 1.06. The van der Waals surface area contributed by atoms with E-state index in [1.54, 1.807) is 0 Å². The van der Waals surface area contributed by atoms with Gasteiger partial charge in [0.25, 0.3) is 0 Å². The Morgan fingerprint density at radius 3 is 2.84 bits per heavy atom. The van der Waals surface area contributed by atoms with Crippen molar-refractivity contribution in [3.8, 4) is 0 Å². The molecule has 0 radical (unpaired) electrons. The molecule has 0 aromatic rings. The second-order valence-corrected chi connectivity index (χ2v) is 6.20. The number of nitrogens with one attached hydrogen (secondary N) is 1.